The molecule has 6 nitrogen and oxygen atoms in total. The van der Waals surface area contributed by atoms with E-state index in [1.54, 1.807) is 25.5 Å². The van der Waals surface area contributed by atoms with Gasteiger partial charge in [0.05, 0.1) is 25.5 Å². The second kappa shape index (κ2) is 9.59. The molecule has 0 bridgehead atoms. The fourth-order valence-electron chi connectivity index (χ4n) is 4.88. The Morgan fingerprint density at radius 3 is 2.29 bits per heavy atom. The van der Waals surface area contributed by atoms with Gasteiger partial charge in [-0.05, 0) is 60.6 Å². The van der Waals surface area contributed by atoms with Crippen LogP contribution < -0.4 is 4.74 Å². The van der Waals surface area contributed by atoms with Crippen LogP contribution in [0.4, 0.5) is 0 Å². The summed E-state index contributed by atoms with van der Waals surface area (Å²) >= 11 is 0. The van der Waals surface area contributed by atoms with Crippen molar-refractivity contribution in [2.75, 3.05) is 20.2 Å². The highest BCUT2D eigenvalue weighted by Crippen LogP contribution is 2.35. The number of benzene rings is 2. The summed E-state index contributed by atoms with van der Waals surface area (Å²) in [6, 6.07) is 21.4. The Bertz CT molecular complexity index is 1170. The highest BCUT2D eigenvalue weighted by molar-refractivity contribution is 6.35. The predicted molar refractivity (Wildman–Crippen MR) is 129 cm³/mol. The quantitative estimate of drug-likeness (QED) is 0.489. The van der Waals surface area contributed by atoms with Crippen LogP contribution >= 0.6 is 0 Å². The number of hydrogen-bond donors (Lipinski definition) is 0. The van der Waals surface area contributed by atoms with Crippen LogP contribution in [-0.4, -0.2) is 41.8 Å². The number of nitrogens with zero attached hydrogens (tertiary/aromatic N) is 2. The smallest absolute Gasteiger partial charge is 0.278 e. The van der Waals surface area contributed by atoms with Crippen molar-refractivity contribution in [2.24, 2.45) is 5.92 Å². The fraction of sp³-hybridized carbons (Fsp3) is 0.286. The Morgan fingerprint density at radius 1 is 0.912 bits per heavy atom. The largest absolute Gasteiger partial charge is 0.497 e. The summed E-state index contributed by atoms with van der Waals surface area (Å²) in [4.78, 5) is 30.5. The van der Waals surface area contributed by atoms with Crippen LogP contribution in [0.1, 0.15) is 29.7 Å². The molecular weight excluding hydrogens is 428 g/mol. The lowest BCUT2D eigenvalue weighted by molar-refractivity contribution is -0.138. The van der Waals surface area contributed by atoms with Crippen LogP contribution in [0.3, 0.4) is 0 Å². The summed E-state index contributed by atoms with van der Waals surface area (Å²) in [6.45, 7) is 1.62. The van der Waals surface area contributed by atoms with Crippen LogP contribution in [-0.2, 0) is 22.6 Å². The van der Waals surface area contributed by atoms with Gasteiger partial charge in [0.15, 0.2) is 0 Å². The highest BCUT2D eigenvalue weighted by atomic mass is 16.5. The maximum Gasteiger partial charge on any atom is 0.278 e. The number of carbonyl (C=O) groups is 2. The molecule has 174 valence electrons. The summed E-state index contributed by atoms with van der Waals surface area (Å²) in [6.07, 6.45) is 4.55. The minimum absolute atomic E-state index is 0.123. The number of ether oxygens (including phenoxy) is 1. The van der Waals surface area contributed by atoms with E-state index in [1.807, 2.05) is 30.3 Å². The monoisotopic (exact) mass is 456 g/mol. The molecule has 1 saturated heterocycles. The van der Waals surface area contributed by atoms with Gasteiger partial charge in [-0.2, -0.15) is 0 Å². The van der Waals surface area contributed by atoms with E-state index in [9.17, 15) is 9.59 Å². The highest BCUT2D eigenvalue weighted by Gasteiger charge is 2.42. The van der Waals surface area contributed by atoms with E-state index in [2.05, 4.69) is 29.2 Å². The molecule has 0 N–H and O–H groups in total. The molecule has 2 aliphatic heterocycles. The second-order valence-electron chi connectivity index (χ2n) is 8.85. The number of carbonyl (C=O) groups excluding carboxylic acids is 2. The van der Waals surface area contributed by atoms with Crippen LogP contribution in [0, 0.1) is 5.92 Å². The summed E-state index contributed by atoms with van der Waals surface area (Å²) in [7, 11) is 1.61. The van der Waals surface area contributed by atoms with Gasteiger partial charge in [0.2, 0.25) is 0 Å². The van der Waals surface area contributed by atoms with Gasteiger partial charge in [-0.1, -0.05) is 42.5 Å². The third kappa shape index (κ3) is 4.36. The van der Waals surface area contributed by atoms with Crippen LogP contribution in [0.5, 0.6) is 5.75 Å². The molecule has 5 rings (SSSR count). The third-order valence-corrected chi connectivity index (χ3v) is 6.71. The van der Waals surface area contributed by atoms with Crippen molar-refractivity contribution in [3.05, 3.63) is 95.6 Å². The number of piperidine rings is 1. The van der Waals surface area contributed by atoms with Gasteiger partial charge < -0.3 is 14.1 Å². The molecule has 2 aromatic carbocycles. The van der Waals surface area contributed by atoms with Gasteiger partial charge in [-0.15, -0.1) is 0 Å². The lowest BCUT2D eigenvalue weighted by Gasteiger charge is -2.34. The normalized spacial score (nSPS) is 17.1. The summed E-state index contributed by atoms with van der Waals surface area (Å²) < 4.78 is 10.7. The summed E-state index contributed by atoms with van der Waals surface area (Å²) in [5, 5.41) is 0. The van der Waals surface area contributed by atoms with E-state index >= 15 is 0 Å². The molecule has 0 atom stereocenters. The molecule has 0 aliphatic carbocycles. The zero-order valence-electron chi connectivity index (χ0n) is 19.3. The SMILES string of the molecule is COc1ccc(C2=C(N3CCC(Cc4ccccc4)CC3)C(=O)N(Cc3ccco3)C2=O)cc1. The Labute approximate surface area is 199 Å². The molecule has 1 aromatic heterocycles. The standard InChI is InChI=1S/C28H28N2O4/c1-33-23-11-9-22(10-12-23)25-26(28(32)30(27(25)31)19-24-8-5-17-34-24)29-15-13-21(14-16-29)18-20-6-3-2-4-7-20/h2-12,17,21H,13-16,18-19H2,1H3. The molecular formula is C28H28N2O4. The van der Waals surface area contributed by atoms with Gasteiger partial charge in [-0.3, -0.25) is 14.5 Å². The number of rotatable bonds is 7. The molecule has 0 saturated carbocycles. The van der Waals surface area contributed by atoms with Crippen molar-refractivity contribution in [3.63, 3.8) is 0 Å². The van der Waals surface area contributed by atoms with Gasteiger partial charge in [0.25, 0.3) is 11.8 Å². The maximum absolute atomic E-state index is 13.6. The van der Waals surface area contributed by atoms with Crippen molar-refractivity contribution in [2.45, 2.75) is 25.8 Å². The van der Waals surface area contributed by atoms with E-state index in [0.717, 1.165) is 37.9 Å². The first-order valence-corrected chi connectivity index (χ1v) is 11.7. The minimum atomic E-state index is -0.284. The van der Waals surface area contributed by atoms with E-state index in [1.165, 1.54) is 10.5 Å². The average Bonchev–Trinajstić information content (AvgIpc) is 3.48. The van der Waals surface area contributed by atoms with E-state index in [-0.39, 0.29) is 18.4 Å². The van der Waals surface area contributed by atoms with Crippen LogP contribution in [0.15, 0.2) is 83.1 Å². The van der Waals surface area contributed by atoms with E-state index < -0.39 is 0 Å². The van der Waals surface area contributed by atoms with Crippen molar-refractivity contribution in [3.8, 4) is 5.75 Å². The molecule has 3 aromatic rings. The fourth-order valence-corrected chi connectivity index (χ4v) is 4.88. The molecule has 2 amide bonds. The van der Waals surface area contributed by atoms with E-state index in [4.69, 9.17) is 9.15 Å². The number of methoxy groups -OCH3 is 1. The van der Waals surface area contributed by atoms with Gasteiger partial charge >= 0.3 is 0 Å². The number of likely N-dealkylation sites (tertiary alicyclic amines) is 1. The maximum atomic E-state index is 13.6. The van der Waals surface area contributed by atoms with Gasteiger partial charge in [0.1, 0.15) is 17.2 Å². The first kappa shape index (κ1) is 22.0. The zero-order valence-corrected chi connectivity index (χ0v) is 19.3. The number of amides is 2. The summed E-state index contributed by atoms with van der Waals surface area (Å²) in [5.74, 6) is 1.31. The Hall–Kier alpha value is -3.80. The first-order valence-electron chi connectivity index (χ1n) is 11.7. The molecule has 34 heavy (non-hydrogen) atoms. The number of hydrogen-bond acceptors (Lipinski definition) is 5. The Morgan fingerprint density at radius 2 is 1.65 bits per heavy atom. The molecule has 3 heterocycles. The van der Waals surface area contributed by atoms with Crippen LogP contribution in [0.25, 0.3) is 5.57 Å². The molecule has 0 unspecified atom stereocenters. The third-order valence-electron chi connectivity index (χ3n) is 6.71. The molecule has 0 radical (unpaired) electrons. The lowest BCUT2D eigenvalue weighted by Crippen LogP contribution is -2.38. The van der Waals surface area contributed by atoms with Crippen molar-refractivity contribution in [1.82, 2.24) is 9.80 Å². The first-order chi connectivity index (χ1) is 16.6. The Kier molecular flexibility index (Phi) is 6.21. The molecule has 0 spiro atoms. The number of furan rings is 1. The topological polar surface area (TPSA) is 63.0 Å². The van der Waals surface area contributed by atoms with Crippen LogP contribution in [0.2, 0.25) is 0 Å². The molecule has 2 aliphatic rings. The molecule has 1 fully saturated rings. The van der Waals surface area contributed by atoms with Crippen molar-refractivity contribution >= 4 is 17.4 Å². The van der Waals surface area contributed by atoms with Gasteiger partial charge in [-0.25, -0.2) is 0 Å². The molecule has 6 heteroatoms. The van der Waals surface area contributed by atoms with Crippen molar-refractivity contribution < 1.29 is 18.7 Å². The second-order valence-corrected chi connectivity index (χ2v) is 8.85. The summed E-state index contributed by atoms with van der Waals surface area (Å²) in [5.41, 5.74) is 3.03. The Balaban J connectivity index is 1.40. The zero-order chi connectivity index (χ0) is 23.5. The van der Waals surface area contributed by atoms with E-state index in [0.29, 0.717) is 28.7 Å². The lowest BCUT2D eigenvalue weighted by atomic mass is 9.89. The predicted octanol–water partition coefficient (Wildman–Crippen LogP) is 4.52. The van der Waals surface area contributed by atoms with Crippen molar-refractivity contribution in [1.29, 1.82) is 0 Å². The average molecular weight is 457 g/mol. The number of imide groups is 1. The minimum Gasteiger partial charge on any atom is -0.497 e. The van der Waals surface area contributed by atoms with Gasteiger partial charge in [0, 0.05) is 13.1 Å².